The lowest BCUT2D eigenvalue weighted by Gasteiger charge is -2.19. The molecule has 15 heavy (non-hydrogen) atoms. The van der Waals surface area contributed by atoms with Crippen LogP contribution < -0.4 is 5.32 Å². The van der Waals surface area contributed by atoms with Gasteiger partial charge in [0, 0.05) is 22.9 Å². The van der Waals surface area contributed by atoms with E-state index in [0.29, 0.717) is 17.5 Å². The van der Waals surface area contributed by atoms with Crippen molar-refractivity contribution < 1.29 is 4.79 Å². The summed E-state index contributed by atoms with van der Waals surface area (Å²) in [5.41, 5.74) is 0. The highest BCUT2D eigenvalue weighted by Crippen LogP contribution is 2.17. The number of carbonyl (C=O) groups is 1. The fourth-order valence-electron chi connectivity index (χ4n) is 0.955. The van der Waals surface area contributed by atoms with Crippen LogP contribution in [-0.2, 0) is 0 Å². The van der Waals surface area contributed by atoms with Crippen molar-refractivity contribution in [3.05, 3.63) is 16.3 Å². The summed E-state index contributed by atoms with van der Waals surface area (Å²) in [5.74, 6) is -0.0194. The Morgan fingerprint density at radius 1 is 1.67 bits per heavy atom. The Morgan fingerprint density at radius 2 is 2.33 bits per heavy atom. The molecule has 0 bridgehead atoms. The van der Waals surface area contributed by atoms with Gasteiger partial charge in [-0.05, 0) is 27.1 Å². The number of thiol groups is 1. The lowest BCUT2D eigenvalue weighted by molar-refractivity contribution is 0.0947. The van der Waals surface area contributed by atoms with E-state index >= 15 is 0 Å². The molecule has 0 saturated heterocycles. The van der Waals surface area contributed by atoms with Crippen LogP contribution in [0.25, 0.3) is 0 Å². The highest BCUT2D eigenvalue weighted by Gasteiger charge is 2.10. The smallest absolute Gasteiger partial charge is 0.261 e. The number of amides is 1. The number of hydrogen-bond donors (Lipinski definition) is 2. The third kappa shape index (κ3) is 3.85. The maximum absolute atomic E-state index is 11.6. The third-order valence-electron chi connectivity index (χ3n) is 2.25. The molecule has 1 aromatic heterocycles. The first-order chi connectivity index (χ1) is 7.00. The molecule has 0 aliphatic carbocycles. The van der Waals surface area contributed by atoms with Crippen LogP contribution in [0.2, 0.25) is 0 Å². The summed E-state index contributed by atoms with van der Waals surface area (Å²) >= 11 is 5.58. The van der Waals surface area contributed by atoms with E-state index in [-0.39, 0.29) is 5.91 Å². The fraction of sp³-hybridized carbons (Fsp3) is 0.500. The standard InChI is InChI=1S/C10H16N2OS2/c1-7(12(2)3)5-11-10(13)9-4-8(14)6-15-9/h4,6-7,14H,5H2,1-3H3,(H,11,13). The molecule has 0 saturated carbocycles. The number of nitrogens with zero attached hydrogens (tertiary/aromatic N) is 1. The Hall–Kier alpha value is -0.520. The zero-order valence-corrected chi connectivity index (χ0v) is 10.9. The molecule has 84 valence electrons. The Kier molecular flexibility index (Phi) is 4.63. The summed E-state index contributed by atoms with van der Waals surface area (Å²) in [6.45, 7) is 2.73. The fourth-order valence-corrected chi connectivity index (χ4v) is 2.02. The van der Waals surface area contributed by atoms with Crippen molar-refractivity contribution in [2.75, 3.05) is 20.6 Å². The van der Waals surface area contributed by atoms with Crippen molar-refractivity contribution in [1.82, 2.24) is 10.2 Å². The van der Waals surface area contributed by atoms with E-state index in [1.807, 2.05) is 19.5 Å². The second-order valence-corrected chi connectivity index (χ2v) is 5.12. The van der Waals surface area contributed by atoms with Gasteiger partial charge < -0.3 is 10.2 Å². The lowest BCUT2D eigenvalue weighted by atomic mass is 10.3. The topological polar surface area (TPSA) is 32.3 Å². The van der Waals surface area contributed by atoms with Gasteiger partial charge in [0.1, 0.15) is 0 Å². The quantitative estimate of drug-likeness (QED) is 0.791. The van der Waals surface area contributed by atoms with Crippen LogP contribution in [0.4, 0.5) is 0 Å². The molecule has 1 rings (SSSR count). The van der Waals surface area contributed by atoms with Crippen LogP contribution in [0.3, 0.4) is 0 Å². The van der Waals surface area contributed by atoms with E-state index < -0.39 is 0 Å². The third-order valence-corrected chi connectivity index (χ3v) is 3.61. The van der Waals surface area contributed by atoms with Gasteiger partial charge in [-0.15, -0.1) is 24.0 Å². The summed E-state index contributed by atoms with van der Waals surface area (Å²) in [5, 5.41) is 4.74. The first-order valence-electron chi connectivity index (χ1n) is 4.73. The minimum atomic E-state index is -0.0194. The van der Waals surface area contributed by atoms with Gasteiger partial charge in [-0.2, -0.15) is 0 Å². The van der Waals surface area contributed by atoms with E-state index in [0.717, 1.165) is 4.90 Å². The van der Waals surface area contributed by atoms with Gasteiger partial charge in [0.2, 0.25) is 0 Å². The van der Waals surface area contributed by atoms with Gasteiger partial charge >= 0.3 is 0 Å². The number of rotatable bonds is 4. The molecule has 3 nitrogen and oxygen atoms in total. The molecule has 1 unspecified atom stereocenters. The van der Waals surface area contributed by atoms with Gasteiger partial charge in [-0.25, -0.2) is 0 Å². The van der Waals surface area contributed by atoms with Crippen LogP contribution in [0.15, 0.2) is 16.3 Å². The second kappa shape index (κ2) is 5.53. The van der Waals surface area contributed by atoms with E-state index in [9.17, 15) is 4.79 Å². The van der Waals surface area contributed by atoms with Crippen molar-refractivity contribution in [2.24, 2.45) is 0 Å². The molecule has 1 atom stereocenters. The average Bonchev–Trinajstić information content (AvgIpc) is 2.60. The van der Waals surface area contributed by atoms with Gasteiger partial charge in [-0.1, -0.05) is 0 Å². The van der Waals surface area contributed by atoms with E-state index in [1.165, 1.54) is 11.3 Å². The van der Waals surface area contributed by atoms with Crippen molar-refractivity contribution in [2.45, 2.75) is 17.9 Å². The lowest BCUT2D eigenvalue weighted by Crippen LogP contribution is -2.37. The Bertz CT molecular complexity index is 336. The van der Waals surface area contributed by atoms with Crippen molar-refractivity contribution in [3.63, 3.8) is 0 Å². The number of carbonyl (C=O) groups excluding carboxylic acids is 1. The number of thiophene rings is 1. The first-order valence-corrected chi connectivity index (χ1v) is 6.05. The summed E-state index contributed by atoms with van der Waals surface area (Å²) in [4.78, 5) is 15.3. The molecule has 0 fully saturated rings. The maximum Gasteiger partial charge on any atom is 0.261 e. The number of hydrogen-bond acceptors (Lipinski definition) is 4. The zero-order valence-electron chi connectivity index (χ0n) is 9.15. The van der Waals surface area contributed by atoms with Crippen LogP contribution in [-0.4, -0.2) is 37.5 Å². The molecular weight excluding hydrogens is 228 g/mol. The van der Waals surface area contributed by atoms with Gasteiger partial charge in [0.15, 0.2) is 0 Å². The molecule has 0 spiro atoms. The average molecular weight is 244 g/mol. The molecule has 0 radical (unpaired) electrons. The Balaban J connectivity index is 2.43. The SMILES string of the molecule is CC(CNC(=O)c1cc(S)cs1)N(C)C. The van der Waals surface area contributed by atoms with Crippen molar-refractivity contribution >= 4 is 29.9 Å². The largest absolute Gasteiger partial charge is 0.350 e. The summed E-state index contributed by atoms with van der Waals surface area (Å²) in [7, 11) is 3.99. The molecule has 1 heterocycles. The Labute approximate surface area is 99.9 Å². The predicted octanol–water partition coefficient (Wildman–Crippen LogP) is 1.72. The summed E-state index contributed by atoms with van der Waals surface area (Å²) < 4.78 is 0. The van der Waals surface area contributed by atoms with Gasteiger partial charge in [0.25, 0.3) is 5.91 Å². The Morgan fingerprint density at radius 3 is 2.80 bits per heavy atom. The molecule has 1 amide bonds. The highest BCUT2D eigenvalue weighted by atomic mass is 32.1. The van der Waals surface area contributed by atoms with Gasteiger partial charge in [-0.3, -0.25) is 4.79 Å². The second-order valence-electron chi connectivity index (χ2n) is 3.69. The number of nitrogens with one attached hydrogen (secondary N) is 1. The van der Waals surface area contributed by atoms with Crippen LogP contribution in [0.1, 0.15) is 16.6 Å². The van der Waals surface area contributed by atoms with E-state index in [2.05, 4.69) is 29.8 Å². The van der Waals surface area contributed by atoms with Gasteiger partial charge in [0.05, 0.1) is 4.88 Å². The van der Waals surface area contributed by atoms with E-state index in [1.54, 1.807) is 6.07 Å². The molecule has 1 N–H and O–H groups in total. The van der Waals surface area contributed by atoms with Crippen molar-refractivity contribution in [1.29, 1.82) is 0 Å². The summed E-state index contributed by atoms with van der Waals surface area (Å²) in [6, 6.07) is 2.12. The first kappa shape index (κ1) is 12.5. The van der Waals surface area contributed by atoms with Crippen LogP contribution >= 0.6 is 24.0 Å². The molecule has 0 aliphatic heterocycles. The maximum atomic E-state index is 11.6. The van der Waals surface area contributed by atoms with Crippen LogP contribution in [0.5, 0.6) is 0 Å². The minimum Gasteiger partial charge on any atom is -0.350 e. The normalized spacial score (nSPS) is 12.9. The summed E-state index contributed by atoms with van der Waals surface area (Å²) in [6.07, 6.45) is 0. The molecule has 0 aromatic carbocycles. The zero-order chi connectivity index (χ0) is 11.4. The monoisotopic (exact) mass is 244 g/mol. The predicted molar refractivity (Wildman–Crippen MR) is 67.1 cm³/mol. The molecule has 5 heteroatoms. The van der Waals surface area contributed by atoms with E-state index in [4.69, 9.17) is 0 Å². The highest BCUT2D eigenvalue weighted by molar-refractivity contribution is 7.80. The minimum absolute atomic E-state index is 0.0194. The van der Waals surface area contributed by atoms with Crippen molar-refractivity contribution in [3.8, 4) is 0 Å². The molecular formula is C10H16N2OS2. The molecule has 0 aliphatic rings. The van der Waals surface area contributed by atoms with Crippen LogP contribution in [0, 0.1) is 0 Å². The molecule has 1 aromatic rings. The number of likely N-dealkylation sites (N-methyl/N-ethyl adjacent to an activating group) is 1.